The Hall–Kier alpha value is -4.39. The quantitative estimate of drug-likeness (QED) is 0.386. The minimum Gasteiger partial charge on any atom is -0.480 e. The van der Waals surface area contributed by atoms with Crippen molar-refractivity contribution in [3.8, 4) is 0 Å². The summed E-state index contributed by atoms with van der Waals surface area (Å²) in [6, 6.07) is 23.6. The van der Waals surface area contributed by atoms with Gasteiger partial charge in [-0.05, 0) is 29.8 Å². The van der Waals surface area contributed by atoms with E-state index in [-0.39, 0.29) is 18.8 Å². The first-order chi connectivity index (χ1) is 16.0. The average Bonchev–Trinajstić information content (AvgIpc) is 3.25. The smallest absolute Gasteiger partial charge is 0.408 e. The van der Waals surface area contributed by atoms with Crippen molar-refractivity contribution in [2.24, 2.45) is 0 Å². The summed E-state index contributed by atoms with van der Waals surface area (Å²) in [5.74, 6) is -0.886. The molecule has 2 N–H and O–H groups in total. The van der Waals surface area contributed by atoms with Gasteiger partial charge in [-0.15, -0.1) is 0 Å². The number of ketones is 1. The second-order valence-corrected chi connectivity index (χ2v) is 7.46. The van der Waals surface area contributed by atoms with Crippen molar-refractivity contribution < 1.29 is 28.6 Å². The number of benzene rings is 3. The van der Waals surface area contributed by atoms with Gasteiger partial charge in [0.2, 0.25) is 0 Å². The number of amides is 1. The van der Waals surface area contributed by atoms with Crippen LogP contribution in [0.5, 0.6) is 0 Å². The Morgan fingerprint density at radius 2 is 1.58 bits per heavy atom. The van der Waals surface area contributed by atoms with Crippen molar-refractivity contribution in [2.45, 2.75) is 19.1 Å². The summed E-state index contributed by atoms with van der Waals surface area (Å²) in [5, 5.41) is 12.5. The number of nitrogens with one attached hydrogen (secondary N) is 1. The number of rotatable bonds is 8. The maximum Gasteiger partial charge on any atom is 0.408 e. The van der Waals surface area contributed by atoms with E-state index < -0.39 is 18.1 Å². The molecule has 0 aliphatic heterocycles. The Balaban J connectivity index is 1.39. The number of hydrogen-bond acceptors (Lipinski definition) is 5. The summed E-state index contributed by atoms with van der Waals surface area (Å²) in [7, 11) is 0. The second kappa shape index (κ2) is 9.82. The fraction of sp³-hybridized carbons (Fsp3) is 0.115. The van der Waals surface area contributed by atoms with Crippen molar-refractivity contribution >= 4 is 28.8 Å². The lowest BCUT2D eigenvalue weighted by atomic mass is 10.0. The van der Waals surface area contributed by atoms with Crippen molar-refractivity contribution in [1.29, 1.82) is 0 Å². The van der Waals surface area contributed by atoms with Gasteiger partial charge < -0.3 is 19.6 Å². The molecule has 1 amide bonds. The standard InChI is InChI=1S/C26H21NO6/c28-24(18-9-5-2-6-10-18)19-11-12-23-20(14-19)15-21(33-23)16-32-26(31)27-22(25(29)30)13-17-7-3-1-4-8-17/h1-12,14-15,22H,13,16H2,(H,27,31)(H,29,30)/t22-/m1/s1. The third-order valence-electron chi connectivity index (χ3n) is 5.08. The normalized spacial score (nSPS) is 11.6. The Bertz CT molecular complexity index is 1280. The highest BCUT2D eigenvalue weighted by molar-refractivity contribution is 6.10. The number of ether oxygens (including phenoxy) is 1. The van der Waals surface area contributed by atoms with E-state index in [0.717, 1.165) is 5.56 Å². The molecule has 0 radical (unpaired) electrons. The Kier molecular flexibility index (Phi) is 6.50. The lowest BCUT2D eigenvalue weighted by molar-refractivity contribution is -0.139. The van der Waals surface area contributed by atoms with Crippen LogP contribution < -0.4 is 5.32 Å². The molecule has 33 heavy (non-hydrogen) atoms. The summed E-state index contributed by atoms with van der Waals surface area (Å²) in [5.41, 5.74) is 2.43. The number of carboxylic acids is 1. The molecule has 0 unspecified atom stereocenters. The molecule has 0 aliphatic carbocycles. The minimum absolute atomic E-state index is 0.103. The van der Waals surface area contributed by atoms with Crippen molar-refractivity contribution in [1.82, 2.24) is 5.32 Å². The third kappa shape index (κ3) is 5.46. The van der Waals surface area contributed by atoms with E-state index in [1.807, 2.05) is 12.1 Å². The van der Waals surface area contributed by atoms with E-state index in [9.17, 15) is 19.5 Å². The molecule has 3 aromatic carbocycles. The number of alkyl carbamates (subject to hydrolysis) is 1. The highest BCUT2D eigenvalue weighted by Crippen LogP contribution is 2.23. The largest absolute Gasteiger partial charge is 0.480 e. The van der Waals surface area contributed by atoms with Crippen molar-refractivity contribution in [3.05, 3.63) is 107 Å². The topological polar surface area (TPSA) is 106 Å². The van der Waals surface area contributed by atoms with Crippen LogP contribution in [0.3, 0.4) is 0 Å². The average molecular weight is 443 g/mol. The van der Waals surface area contributed by atoms with Gasteiger partial charge in [-0.25, -0.2) is 9.59 Å². The van der Waals surface area contributed by atoms with Crippen LogP contribution in [0.4, 0.5) is 4.79 Å². The zero-order valence-electron chi connectivity index (χ0n) is 17.6. The van der Waals surface area contributed by atoms with E-state index in [0.29, 0.717) is 27.9 Å². The number of carbonyl (C=O) groups excluding carboxylic acids is 2. The van der Waals surface area contributed by atoms with Crippen molar-refractivity contribution in [3.63, 3.8) is 0 Å². The maximum absolute atomic E-state index is 12.6. The summed E-state index contributed by atoms with van der Waals surface area (Å²) in [6.45, 7) is -0.180. The molecule has 0 saturated carbocycles. The predicted molar refractivity (Wildman–Crippen MR) is 121 cm³/mol. The van der Waals surface area contributed by atoms with Gasteiger partial charge in [-0.1, -0.05) is 60.7 Å². The molecule has 0 aliphatic rings. The molecule has 166 valence electrons. The first-order valence-electron chi connectivity index (χ1n) is 10.3. The maximum atomic E-state index is 12.6. The Morgan fingerprint density at radius 3 is 2.27 bits per heavy atom. The molecule has 4 rings (SSSR count). The van der Waals surface area contributed by atoms with Gasteiger partial charge in [0.15, 0.2) is 12.4 Å². The molecule has 1 aromatic heterocycles. The third-order valence-corrected chi connectivity index (χ3v) is 5.08. The fourth-order valence-electron chi connectivity index (χ4n) is 3.44. The van der Waals surface area contributed by atoms with Gasteiger partial charge in [-0.2, -0.15) is 0 Å². The number of carbonyl (C=O) groups is 3. The molecule has 0 spiro atoms. The van der Waals surface area contributed by atoms with Crippen LogP contribution in [-0.4, -0.2) is 29.0 Å². The Morgan fingerprint density at radius 1 is 0.879 bits per heavy atom. The van der Waals surface area contributed by atoms with Crippen molar-refractivity contribution in [2.75, 3.05) is 0 Å². The summed E-state index contributed by atoms with van der Waals surface area (Å²) < 4.78 is 10.8. The van der Waals surface area contributed by atoms with Crippen LogP contribution in [0.2, 0.25) is 0 Å². The van der Waals surface area contributed by atoms with E-state index in [1.165, 1.54) is 0 Å². The lowest BCUT2D eigenvalue weighted by Crippen LogP contribution is -2.42. The summed E-state index contributed by atoms with van der Waals surface area (Å²) in [6.07, 6.45) is -0.729. The van der Waals surface area contributed by atoms with Crippen LogP contribution in [0.25, 0.3) is 11.0 Å². The molecule has 7 nitrogen and oxygen atoms in total. The van der Waals surface area contributed by atoms with E-state index in [4.69, 9.17) is 9.15 Å². The van der Waals surface area contributed by atoms with Crippen LogP contribution in [-0.2, 0) is 22.6 Å². The summed E-state index contributed by atoms with van der Waals surface area (Å²) >= 11 is 0. The van der Waals surface area contributed by atoms with Crippen LogP contribution in [0.1, 0.15) is 27.2 Å². The van der Waals surface area contributed by atoms with Crippen LogP contribution in [0.15, 0.2) is 89.3 Å². The van der Waals surface area contributed by atoms with Gasteiger partial charge in [0.25, 0.3) is 0 Å². The molecule has 1 atom stereocenters. The molecular formula is C26H21NO6. The number of fused-ring (bicyclic) bond motifs is 1. The van der Waals surface area contributed by atoms with E-state index in [2.05, 4.69) is 5.32 Å². The zero-order chi connectivity index (χ0) is 23.2. The molecular weight excluding hydrogens is 422 g/mol. The predicted octanol–water partition coefficient (Wildman–Crippen LogP) is 4.59. The monoisotopic (exact) mass is 443 g/mol. The molecule has 7 heteroatoms. The zero-order valence-corrected chi connectivity index (χ0v) is 17.6. The first-order valence-corrected chi connectivity index (χ1v) is 10.3. The SMILES string of the molecule is O=C(N[C@H](Cc1ccccc1)C(=O)O)OCc1cc2cc(C(=O)c3ccccc3)ccc2o1. The molecule has 0 fully saturated rings. The molecule has 0 bridgehead atoms. The molecule has 0 saturated heterocycles. The molecule has 1 heterocycles. The fourth-order valence-corrected chi connectivity index (χ4v) is 3.44. The van der Waals surface area contributed by atoms with Gasteiger partial charge in [0, 0.05) is 22.9 Å². The lowest BCUT2D eigenvalue weighted by Gasteiger charge is -2.14. The minimum atomic E-state index is -1.16. The number of carboxylic acid groups (broad SMARTS) is 1. The molecule has 4 aromatic rings. The number of aliphatic carboxylic acids is 1. The van der Waals surface area contributed by atoms with Crippen LogP contribution in [0, 0.1) is 0 Å². The summed E-state index contributed by atoms with van der Waals surface area (Å²) in [4.78, 5) is 36.3. The first kappa shape index (κ1) is 21.8. The van der Waals surface area contributed by atoms with Gasteiger partial charge in [0.05, 0.1) is 0 Å². The number of furan rings is 1. The highest BCUT2D eigenvalue weighted by Gasteiger charge is 2.21. The Labute approximate surface area is 189 Å². The van der Waals surface area contributed by atoms with Gasteiger partial charge in [0.1, 0.15) is 17.4 Å². The van der Waals surface area contributed by atoms with Crippen LogP contribution >= 0.6 is 0 Å². The van der Waals surface area contributed by atoms with E-state index >= 15 is 0 Å². The van der Waals surface area contributed by atoms with Gasteiger partial charge in [-0.3, -0.25) is 4.79 Å². The van der Waals surface area contributed by atoms with Gasteiger partial charge >= 0.3 is 12.1 Å². The highest BCUT2D eigenvalue weighted by atomic mass is 16.6. The van der Waals surface area contributed by atoms with E-state index in [1.54, 1.807) is 72.8 Å². The second-order valence-electron chi connectivity index (χ2n) is 7.46. The number of hydrogen-bond donors (Lipinski definition) is 2.